The Morgan fingerprint density at radius 1 is 1.53 bits per heavy atom. The van der Waals surface area contributed by atoms with E-state index in [0.717, 1.165) is 24.1 Å². The topological polar surface area (TPSA) is 43.8 Å². The van der Waals surface area contributed by atoms with E-state index in [1.807, 2.05) is 17.8 Å². The van der Waals surface area contributed by atoms with Crippen LogP contribution in [0.2, 0.25) is 0 Å². The monoisotopic (exact) mass is 205 g/mol. The number of hydrogen-bond donors (Lipinski definition) is 1. The van der Waals surface area contributed by atoms with Crippen LogP contribution in [0.15, 0.2) is 6.20 Å². The molecule has 0 spiro atoms. The number of rotatable bonds is 3. The summed E-state index contributed by atoms with van der Waals surface area (Å²) in [5.41, 5.74) is 7.43. The van der Waals surface area contributed by atoms with E-state index in [2.05, 4.69) is 30.8 Å². The zero-order valence-electron chi connectivity index (χ0n) is 9.75. The van der Waals surface area contributed by atoms with Crippen molar-refractivity contribution in [2.45, 2.75) is 39.7 Å². The SMILES string of the molecule is Cc1nn(C(C)C)cc1C#CCCCN. The second-order valence-corrected chi connectivity index (χ2v) is 3.90. The number of aryl methyl sites for hydroxylation is 1. The van der Waals surface area contributed by atoms with Crippen LogP contribution < -0.4 is 5.73 Å². The molecule has 0 saturated heterocycles. The first-order valence-electron chi connectivity index (χ1n) is 5.40. The summed E-state index contributed by atoms with van der Waals surface area (Å²) in [7, 11) is 0. The van der Waals surface area contributed by atoms with Crippen LogP contribution >= 0.6 is 0 Å². The zero-order valence-corrected chi connectivity index (χ0v) is 9.75. The first-order chi connectivity index (χ1) is 7.15. The molecule has 0 atom stereocenters. The molecule has 2 N–H and O–H groups in total. The van der Waals surface area contributed by atoms with Gasteiger partial charge < -0.3 is 5.73 Å². The first-order valence-corrected chi connectivity index (χ1v) is 5.40. The van der Waals surface area contributed by atoms with E-state index in [9.17, 15) is 0 Å². The fourth-order valence-electron chi connectivity index (χ4n) is 1.22. The Morgan fingerprint density at radius 2 is 2.27 bits per heavy atom. The highest BCUT2D eigenvalue weighted by atomic mass is 15.3. The van der Waals surface area contributed by atoms with Crippen molar-refractivity contribution in [3.05, 3.63) is 17.5 Å². The van der Waals surface area contributed by atoms with Gasteiger partial charge in [-0.05, 0) is 33.7 Å². The number of nitrogens with zero attached hydrogens (tertiary/aromatic N) is 2. The van der Waals surface area contributed by atoms with Crippen molar-refractivity contribution in [2.24, 2.45) is 5.73 Å². The van der Waals surface area contributed by atoms with Gasteiger partial charge in [0.15, 0.2) is 0 Å². The molecule has 0 amide bonds. The van der Waals surface area contributed by atoms with Gasteiger partial charge >= 0.3 is 0 Å². The molecule has 3 heteroatoms. The molecule has 1 rings (SSSR count). The molecular weight excluding hydrogens is 186 g/mol. The van der Waals surface area contributed by atoms with Gasteiger partial charge in [0.05, 0.1) is 11.3 Å². The number of unbranched alkanes of at least 4 members (excludes halogenated alkanes) is 1. The minimum absolute atomic E-state index is 0.392. The van der Waals surface area contributed by atoms with Crippen LogP contribution in [0.5, 0.6) is 0 Å². The van der Waals surface area contributed by atoms with Crippen molar-refractivity contribution in [3.8, 4) is 11.8 Å². The van der Waals surface area contributed by atoms with Crippen LogP contribution in [0.4, 0.5) is 0 Å². The van der Waals surface area contributed by atoms with Crippen molar-refractivity contribution in [1.29, 1.82) is 0 Å². The maximum atomic E-state index is 5.40. The number of nitrogens with two attached hydrogens (primary N) is 1. The molecule has 0 bridgehead atoms. The van der Waals surface area contributed by atoms with Crippen LogP contribution in [-0.4, -0.2) is 16.3 Å². The third-order valence-electron chi connectivity index (χ3n) is 2.17. The van der Waals surface area contributed by atoms with Gasteiger partial charge in [-0.3, -0.25) is 4.68 Å². The van der Waals surface area contributed by atoms with Gasteiger partial charge in [0.1, 0.15) is 0 Å². The van der Waals surface area contributed by atoms with Crippen molar-refractivity contribution < 1.29 is 0 Å². The summed E-state index contributed by atoms with van der Waals surface area (Å²) in [4.78, 5) is 0. The Labute approximate surface area is 91.7 Å². The lowest BCUT2D eigenvalue weighted by Gasteiger charge is -2.02. The highest BCUT2D eigenvalue weighted by Gasteiger charge is 2.03. The zero-order chi connectivity index (χ0) is 11.3. The summed E-state index contributed by atoms with van der Waals surface area (Å²) in [5.74, 6) is 6.25. The van der Waals surface area contributed by atoms with E-state index in [4.69, 9.17) is 5.73 Å². The highest BCUT2D eigenvalue weighted by Crippen LogP contribution is 2.09. The molecule has 3 nitrogen and oxygen atoms in total. The average molecular weight is 205 g/mol. The molecule has 0 fully saturated rings. The Hall–Kier alpha value is -1.27. The summed E-state index contributed by atoms with van der Waals surface area (Å²) in [5, 5.41) is 4.40. The van der Waals surface area contributed by atoms with Crippen LogP contribution in [0.3, 0.4) is 0 Å². The molecule has 15 heavy (non-hydrogen) atoms. The Morgan fingerprint density at radius 3 is 2.80 bits per heavy atom. The standard InChI is InChI=1S/C12H19N3/c1-10(2)15-9-12(11(3)14-15)7-5-4-6-8-13/h9-10H,4,6,8,13H2,1-3H3. The maximum absolute atomic E-state index is 5.40. The summed E-state index contributed by atoms with van der Waals surface area (Å²) in [6.07, 6.45) is 3.84. The van der Waals surface area contributed by atoms with E-state index in [-0.39, 0.29) is 0 Å². The third kappa shape index (κ3) is 3.41. The lowest BCUT2D eigenvalue weighted by atomic mass is 10.2. The molecule has 1 heterocycles. The molecule has 0 aliphatic carbocycles. The second kappa shape index (κ2) is 5.57. The van der Waals surface area contributed by atoms with Gasteiger partial charge in [-0.15, -0.1) is 0 Å². The number of hydrogen-bond acceptors (Lipinski definition) is 2. The van der Waals surface area contributed by atoms with E-state index in [1.54, 1.807) is 0 Å². The average Bonchev–Trinajstić information content (AvgIpc) is 2.55. The molecule has 1 aromatic rings. The second-order valence-electron chi connectivity index (χ2n) is 3.90. The summed E-state index contributed by atoms with van der Waals surface area (Å²) < 4.78 is 1.95. The van der Waals surface area contributed by atoms with Gasteiger partial charge in [0.2, 0.25) is 0 Å². The molecule has 0 saturated carbocycles. The van der Waals surface area contributed by atoms with E-state index in [0.29, 0.717) is 12.6 Å². The minimum Gasteiger partial charge on any atom is -0.330 e. The van der Waals surface area contributed by atoms with E-state index < -0.39 is 0 Å². The predicted octanol–water partition coefficient (Wildman–Crippen LogP) is 1.86. The lowest BCUT2D eigenvalue weighted by molar-refractivity contribution is 0.529. The summed E-state index contributed by atoms with van der Waals surface area (Å²) in [6, 6.07) is 0.392. The van der Waals surface area contributed by atoms with Gasteiger partial charge in [0.25, 0.3) is 0 Å². The molecule has 0 aliphatic rings. The highest BCUT2D eigenvalue weighted by molar-refractivity contribution is 5.35. The minimum atomic E-state index is 0.392. The van der Waals surface area contributed by atoms with E-state index in [1.165, 1.54) is 0 Å². The van der Waals surface area contributed by atoms with Crippen LogP contribution in [0.25, 0.3) is 0 Å². The Balaban J connectivity index is 2.71. The number of aromatic nitrogens is 2. The lowest BCUT2D eigenvalue weighted by Crippen LogP contribution is -2.00. The fourth-order valence-corrected chi connectivity index (χ4v) is 1.22. The molecule has 1 aromatic heterocycles. The fraction of sp³-hybridized carbons (Fsp3) is 0.583. The van der Waals surface area contributed by atoms with E-state index >= 15 is 0 Å². The summed E-state index contributed by atoms with van der Waals surface area (Å²) >= 11 is 0. The van der Waals surface area contributed by atoms with Crippen molar-refractivity contribution in [2.75, 3.05) is 6.54 Å². The van der Waals surface area contributed by atoms with Crippen molar-refractivity contribution in [3.63, 3.8) is 0 Å². The van der Waals surface area contributed by atoms with Crippen LogP contribution in [0.1, 0.15) is 44.0 Å². The summed E-state index contributed by atoms with van der Waals surface area (Å²) in [6.45, 7) is 6.92. The molecule has 82 valence electrons. The van der Waals surface area contributed by atoms with Crippen molar-refractivity contribution >= 4 is 0 Å². The Kier molecular flexibility index (Phi) is 4.38. The van der Waals surface area contributed by atoms with Gasteiger partial charge in [0, 0.05) is 18.7 Å². The molecule has 0 radical (unpaired) electrons. The molecule has 0 aliphatic heterocycles. The molecule has 0 unspecified atom stereocenters. The Bertz CT molecular complexity index is 366. The normalized spacial score (nSPS) is 10.2. The largest absolute Gasteiger partial charge is 0.330 e. The van der Waals surface area contributed by atoms with Gasteiger partial charge in [-0.2, -0.15) is 5.10 Å². The molecule has 0 aromatic carbocycles. The van der Waals surface area contributed by atoms with Crippen molar-refractivity contribution in [1.82, 2.24) is 9.78 Å². The quantitative estimate of drug-likeness (QED) is 0.604. The van der Waals surface area contributed by atoms with Crippen LogP contribution in [0, 0.1) is 18.8 Å². The van der Waals surface area contributed by atoms with Gasteiger partial charge in [-0.1, -0.05) is 11.8 Å². The first kappa shape index (κ1) is 11.8. The van der Waals surface area contributed by atoms with Crippen LogP contribution in [-0.2, 0) is 0 Å². The third-order valence-corrected chi connectivity index (χ3v) is 2.17. The smallest absolute Gasteiger partial charge is 0.0750 e. The van der Waals surface area contributed by atoms with Gasteiger partial charge in [-0.25, -0.2) is 0 Å². The predicted molar refractivity (Wildman–Crippen MR) is 62.5 cm³/mol. The molecular formula is C12H19N3. The maximum Gasteiger partial charge on any atom is 0.0750 e.